The molecule has 2 heterocycles. The Bertz CT molecular complexity index is 627. The fourth-order valence-electron chi connectivity index (χ4n) is 1.12. The number of aromatic nitrogens is 3. The van der Waals surface area contributed by atoms with Gasteiger partial charge in [0.1, 0.15) is 5.82 Å². The van der Waals surface area contributed by atoms with Crippen LogP contribution in [0.4, 0.5) is 5.13 Å². The van der Waals surface area contributed by atoms with Gasteiger partial charge in [0, 0.05) is 13.2 Å². The Balaban J connectivity index is 2.31. The summed E-state index contributed by atoms with van der Waals surface area (Å²) in [6.07, 6.45) is 2.99. The Morgan fingerprint density at radius 3 is 2.71 bits per heavy atom. The van der Waals surface area contributed by atoms with E-state index in [4.69, 9.17) is 0 Å². The van der Waals surface area contributed by atoms with Gasteiger partial charge in [0.2, 0.25) is 0 Å². The van der Waals surface area contributed by atoms with E-state index in [0.717, 1.165) is 3.79 Å². The largest absolute Gasteiger partial charge is 0.337 e. The zero-order valence-corrected chi connectivity index (χ0v) is 12.2. The van der Waals surface area contributed by atoms with Crippen LogP contribution in [0.2, 0.25) is 0 Å². The number of anilines is 1. The normalized spacial score (nSPS) is 11.7. The molecule has 0 fully saturated rings. The molecule has 0 saturated heterocycles. The molecule has 0 aliphatic heterocycles. The van der Waals surface area contributed by atoms with Crippen LogP contribution in [0.5, 0.6) is 0 Å². The van der Waals surface area contributed by atoms with E-state index < -0.39 is 10.0 Å². The number of hydrogen-bond donors (Lipinski definition) is 1. The smallest absolute Gasteiger partial charge is 0.282 e. The van der Waals surface area contributed by atoms with Crippen LogP contribution in [0.25, 0.3) is 0 Å². The van der Waals surface area contributed by atoms with Crippen molar-refractivity contribution in [1.82, 2.24) is 14.5 Å². The van der Waals surface area contributed by atoms with Crippen molar-refractivity contribution in [2.45, 2.75) is 11.9 Å². The minimum Gasteiger partial charge on any atom is -0.337 e. The van der Waals surface area contributed by atoms with Crippen molar-refractivity contribution in [2.24, 2.45) is 7.05 Å². The molecule has 0 aliphatic carbocycles. The first-order valence-electron chi connectivity index (χ1n) is 4.52. The van der Waals surface area contributed by atoms with E-state index in [2.05, 4.69) is 30.6 Å². The van der Waals surface area contributed by atoms with Crippen LogP contribution in [-0.2, 0) is 17.1 Å². The Morgan fingerprint density at radius 1 is 1.53 bits per heavy atom. The Hall–Kier alpha value is -0.930. The molecule has 0 radical (unpaired) electrons. The number of rotatable bonds is 3. The molecule has 0 bridgehead atoms. The maximum absolute atomic E-state index is 11.9. The zero-order valence-electron chi connectivity index (χ0n) is 9.01. The Kier molecular flexibility index (Phi) is 3.23. The fraction of sp³-hybridized carbons (Fsp3) is 0.250. The summed E-state index contributed by atoms with van der Waals surface area (Å²) in [4.78, 5) is 7.86. The molecule has 0 unspecified atom stereocenters. The number of nitrogens with zero attached hydrogens (tertiary/aromatic N) is 3. The number of aryl methyl sites for hydroxylation is 2. The standard InChI is InChI=1S/C8H9BrN4O2S2/c1-5-11-7(4-13(5)2)17(14,15)12-8-10-3-6(9)16-8/h3-4H,1-2H3,(H,10,12). The van der Waals surface area contributed by atoms with Gasteiger partial charge >= 0.3 is 0 Å². The van der Waals surface area contributed by atoms with Crippen LogP contribution < -0.4 is 4.72 Å². The second-order valence-electron chi connectivity index (χ2n) is 3.31. The average Bonchev–Trinajstić information content (AvgIpc) is 2.75. The van der Waals surface area contributed by atoms with Crippen LogP contribution >= 0.6 is 27.3 Å². The summed E-state index contributed by atoms with van der Waals surface area (Å²) in [6, 6.07) is 0. The molecule has 0 saturated carbocycles. The van der Waals surface area contributed by atoms with E-state index in [1.54, 1.807) is 18.5 Å². The highest BCUT2D eigenvalue weighted by Gasteiger charge is 2.19. The lowest BCUT2D eigenvalue weighted by Gasteiger charge is -2.00. The monoisotopic (exact) mass is 336 g/mol. The molecule has 0 spiro atoms. The number of thiazole rings is 1. The third kappa shape index (κ3) is 2.67. The minimum absolute atomic E-state index is 0.0103. The molecule has 0 aliphatic rings. The number of halogens is 1. The van der Waals surface area contributed by atoms with Gasteiger partial charge in [-0.05, 0) is 22.9 Å². The lowest BCUT2D eigenvalue weighted by Crippen LogP contribution is -2.13. The van der Waals surface area contributed by atoms with E-state index in [1.807, 2.05) is 0 Å². The second kappa shape index (κ2) is 4.39. The number of nitrogens with one attached hydrogen (secondary N) is 1. The van der Waals surface area contributed by atoms with Crippen molar-refractivity contribution < 1.29 is 8.42 Å². The van der Waals surface area contributed by atoms with Crippen LogP contribution in [-0.4, -0.2) is 23.0 Å². The first-order valence-corrected chi connectivity index (χ1v) is 7.62. The SMILES string of the molecule is Cc1nc(S(=O)(=O)Nc2ncc(Br)s2)cn1C. The van der Waals surface area contributed by atoms with E-state index >= 15 is 0 Å². The molecule has 2 aromatic rings. The summed E-state index contributed by atoms with van der Waals surface area (Å²) >= 11 is 4.41. The van der Waals surface area contributed by atoms with Crippen LogP contribution in [0.3, 0.4) is 0 Å². The molecule has 1 N–H and O–H groups in total. The summed E-state index contributed by atoms with van der Waals surface area (Å²) in [5.41, 5.74) is 0. The van der Waals surface area contributed by atoms with E-state index in [-0.39, 0.29) is 5.03 Å². The second-order valence-corrected chi connectivity index (χ2v) is 7.35. The van der Waals surface area contributed by atoms with Crippen molar-refractivity contribution in [1.29, 1.82) is 0 Å². The molecule has 17 heavy (non-hydrogen) atoms. The molecule has 2 aromatic heterocycles. The molecule has 0 amide bonds. The van der Waals surface area contributed by atoms with Crippen molar-refractivity contribution in [3.05, 3.63) is 22.0 Å². The first kappa shape index (κ1) is 12.5. The first-order chi connectivity index (χ1) is 7.88. The van der Waals surface area contributed by atoms with Crippen molar-refractivity contribution in [3.63, 3.8) is 0 Å². The number of sulfonamides is 1. The number of hydrogen-bond acceptors (Lipinski definition) is 5. The lowest BCUT2D eigenvalue weighted by molar-refractivity contribution is 0.598. The fourth-order valence-corrected chi connectivity index (χ4v) is 3.51. The lowest BCUT2D eigenvalue weighted by atomic mass is 10.7. The molecule has 0 aromatic carbocycles. The predicted molar refractivity (Wildman–Crippen MR) is 68.6 cm³/mol. The molecule has 2 rings (SSSR count). The van der Waals surface area contributed by atoms with Crippen LogP contribution in [0.1, 0.15) is 5.82 Å². The topological polar surface area (TPSA) is 76.9 Å². The summed E-state index contributed by atoms with van der Waals surface area (Å²) in [7, 11) is -1.92. The van der Waals surface area contributed by atoms with E-state index in [0.29, 0.717) is 11.0 Å². The molecule has 9 heteroatoms. The maximum Gasteiger partial charge on any atom is 0.282 e. The highest BCUT2D eigenvalue weighted by Crippen LogP contribution is 2.25. The predicted octanol–water partition coefficient (Wildman–Crippen LogP) is 1.75. The quantitative estimate of drug-likeness (QED) is 0.926. The van der Waals surface area contributed by atoms with E-state index in [1.165, 1.54) is 23.7 Å². The Morgan fingerprint density at radius 2 is 2.24 bits per heavy atom. The van der Waals surface area contributed by atoms with Crippen LogP contribution in [0, 0.1) is 6.92 Å². The van der Waals surface area contributed by atoms with Crippen molar-refractivity contribution >= 4 is 42.4 Å². The van der Waals surface area contributed by atoms with E-state index in [9.17, 15) is 8.42 Å². The summed E-state index contributed by atoms with van der Waals surface area (Å²) in [6.45, 7) is 1.74. The molecular weight excluding hydrogens is 328 g/mol. The third-order valence-corrected chi connectivity index (χ3v) is 4.79. The van der Waals surface area contributed by atoms with Gasteiger partial charge in [-0.2, -0.15) is 8.42 Å². The summed E-state index contributed by atoms with van der Waals surface area (Å²) < 4.78 is 28.7. The Labute approximate surface area is 111 Å². The third-order valence-electron chi connectivity index (χ3n) is 2.06. The van der Waals surface area contributed by atoms with Crippen molar-refractivity contribution in [3.8, 4) is 0 Å². The van der Waals surface area contributed by atoms with Gasteiger partial charge < -0.3 is 4.57 Å². The van der Waals surface area contributed by atoms with Gasteiger partial charge in [-0.1, -0.05) is 11.3 Å². The molecule has 92 valence electrons. The number of imidazole rings is 1. The van der Waals surface area contributed by atoms with Crippen LogP contribution in [0.15, 0.2) is 21.2 Å². The van der Waals surface area contributed by atoms with Crippen molar-refractivity contribution in [2.75, 3.05) is 4.72 Å². The molecule has 6 nitrogen and oxygen atoms in total. The van der Waals surface area contributed by atoms with Gasteiger partial charge in [-0.3, -0.25) is 4.72 Å². The zero-order chi connectivity index (χ0) is 12.6. The van der Waals surface area contributed by atoms with Gasteiger partial charge in [0.25, 0.3) is 10.0 Å². The highest BCUT2D eigenvalue weighted by molar-refractivity contribution is 9.11. The summed E-state index contributed by atoms with van der Waals surface area (Å²) in [5.74, 6) is 0.630. The average molecular weight is 337 g/mol. The molecular formula is C8H9BrN4O2S2. The highest BCUT2D eigenvalue weighted by atomic mass is 79.9. The maximum atomic E-state index is 11.9. The van der Waals surface area contributed by atoms with Gasteiger partial charge in [-0.25, -0.2) is 9.97 Å². The van der Waals surface area contributed by atoms with Gasteiger partial charge in [0.15, 0.2) is 10.2 Å². The minimum atomic E-state index is -3.66. The van der Waals surface area contributed by atoms with Gasteiger partial charge in [0.05, 0.1) is 9.98 Å². The molecule has 0 atom stereocenters. The van der Waals surface area contributed by atoms with Gasteiger partial charge in [-0.15, -0.1) is 0 Å². The summed E-state index contributed by atoms with van der Waals surface area (Å²) in [5, 5.41) is 0.295.